The second-order valence-corrected chi connectivity index (χ2v) is 7.41. The Morgan fingerprint density at radius 3 is 2.35 bits per heavy atom. The summed E-state index contributed by atoms with van der Waals surface area (Å²) in [5.74, 6) is 1.20. The predicted molar refractivity (Wildman–Crippen MR) is 107 cm³/mol. The molecule has 0 spiro atoms. The molecule has 1 fully saturated rings. The van der Waals surface area contributed by atoms with Gasteiger partial charge in [-0.3, -0.25) is 0 Å². The van der Waals surface area contributed by atoms with Gasteiger partial charge in [0.05, 0.1) is 18.8 Å². The lowest BCUT2D eigenvalue weighted by Crippen LogP contribution is -2.32. The normalized spacial score (nSPS) is 18.5. The summed E-state index contributed by atoms with van der Waals surface area (Å²) >= 11 is 0. The molecule has 0 amide bonds. The number of benzene rings is 2. The zero-order valence-electron chi connectivity index (χ0n) is 17.2. The summed E-state index contributed by atoms with van der Waals surface area (Å²) in [5, 5.41) is 0. The first-order valence-electron chi connectivity index (χ1n) is 10.1. The van der Waals surface area contributed by atoms with Crippen molar-refractivity contribution in [2.45, 2.75) is 32.0 Å². The molecule has 0 saturated carbocycles. The monoisotopic (exact) mass is 436 g/mol. The van der Waals surface area contributed by atoms with Gasteiger partial charge in [-0.05, 0) is 55.2 Å². The molecule has 1 aliphatic heterocycles. The fraction of sp³-hybridized carbons (Fsp3) is 0.417. The Hall–Kier alpha value is -2.40. The van der Waals surface area contributed by atoms with Crippen LogP contribution in [0.25, 0.3) is 0 Å². The first kappa shape index (κ1) is 23.3. The van der Waals surface area contributed by atoms with Crippen molar-refractivity contribution in [1.82, 2.24) is 0 Å². The minimum atomic E-state index is -1.34. The fourth-order valence-corrected chi connectivity index (χ4v) is 3.31. The SMILES string of the molecule is COCCC[C@H]1CO[C@H](CCc2cc(F)c(C#Cc3ccc(F)cc3)c(F)c2F)OC1. The van der Waals surface area contributed by atoms with Crippen molar-refractivity contribution >= 4 is 0 Å². The van der Waals surface area contributed by atoms with E-state index in [-0.39, 0.29) is 24.3 Å². The summed E-state index contributed by atoms with van der Waals surface area (Å²) in [4.78, 5) is 0. The number of hydrogen-bond acceptors (Lipinski definition) is 3. The minimum Gasteiger partial charge on any atom is -0.385 e. The highest BCUT2D eigenvalue weighted by molar-refractivity contribution is 5.45. The Bertz CT molecular complexity index is 927. The lowest BCUT2D eigenvalue weighted by Gasteiger charge is -2.29. The first-order chi connectivity index (χ1) is 15.0. The quantitative estimate of drug-likeness (QED) is 0.265. The van der Waals surface area contributed by atoms with E-state index in [4.69, 9.17) is 14.2 Å². The minimum absolute atomic E-state index is 0.0599. The van der Waals surface area contributed by atoms with Gasteiger partial charge in [0, 0.05) is 31.6 Å². The van der Waals surface area contributed by atoms with E-state index in [1.165, 1.54) is 24.3 Å². The molecule has 1 aliphatic rings. The molecule has 0 atom stereocenters. The third-order valence-corrected chi connectivity index (χ3v) is 5.06. The lowest BCUT2D eigenvalue weighted by molar-refractivity contribution is -0.203. The van der Waals surface area contributed by atoms with Crippen molar-refractivity contribution in [2.24, 2.45) is 5.92 Å². The summed E-state index contributed by atoms with van der Waals surface area (Å²) in [6.45, 7) is 1.73. The van der Waals surface area contributed by atoms with E-state index in [0.717, 1.165) is 18.9 Å². The maximum atomic E-state index is 14.5. The molecule has 2 aromatic rings. The van der Waals surface area contributed by atoms with E-state index < -0.39 is 35.1 Å². The molecule has 0 bridgehead atoms. The molecule has 31 heavy (non-hydrogen) atoms. The largest absolute Gasteiger partial charge is 0.385 e. The molecule has 2 aromatic carbocycles. The van der Waals surface area contributed by atoms with Crippen molar-refractivity contribution in [3.05, 3.63) is 70.3 Å². The highest BCUT2D eigenvalue weighted by Gasteiger charge is 2.23. The second kappa shape index (κ2) is 11.3. The topological polar surface area (TPSA) is 27.7 Å². The second-order valence-electron chi connectivity index (χ2n) is 7.41. The van der Waals surface area contributed by atoms with E-state index in [9.17, 15) is 17.6 Å². The summed E-state index contributed by atoms with van der Waals surface area (Å²) in [5.41, 5.74) is -0.400. The Kier molecular flexibility index (Phi) is 8.47. The van der Waals surface area contributed by atoms with Crippen LogP contribution in [0.15, 0.2) is 30.3 Å². The van der Waals surface area contributed by atoms with E-state index in [1.807, 2.05) is 0 Å². The van der Waals surface area contributed by atoms with Crippen LogP contribution in [0.2, 0.25) is 0 Å². The molecule has 7 heteroatoms. The van der Waals surface area contributed by atoms with Crippen LogP contribution in [0.1, 0.15) is 36.0 Å². The predicted octanol–water partition coefficient (Wildman–Crippen LogP) is 4.99. The molecule has 0 N–H and O–H groups in total. The zero-order valence-corrected chi connectivity index (χ0v) is 17.2. The van der Waals surface area contributed by atoms with Gasteiger partial charge < -0.3 is 14.2 Å². The standard InChI is InChI=1S/C24H24F4O3/c1-29-12-2-3-17-14-30-22(31-15-17)11-7-18-13-21(26)20(24(28)23(18)27)10-6-16-4-8-19(25)9-5-16/h4-5,8-9,13,17,22H,2-3,7,11-12,14-15H2,1H3/t17-,22-. The highest BCUT2D eigenvalue weighted by Crippen LogP contribution is 2.24. The summed E-state index contributed by atoms with van der Waals surface area (Å²) in [7, 11) is 1.65. The molecule has 166 valence electrons. The van der Waals surface area contributed by atoms with Gasteiger partial charge in [-0.1, -0.05) is 11.8 Å². The number of hydrogen-bond donors (Lipinski definition) is 0. The Morgan fingerprint density at radius 1 is 0.968 bits per heavy atom. The Morgan fingerprint density at radius 2 is 1.68 bits per heavy atom. The van der Waals surface area contributed by atoms with Gasteiger partial charge in [0.1, 0.15) is 11.6 Å². The van der Waals surface area contributed by atoms with E-state index in [1.54, 1.807) is 7.11 Å². The smallest absolute Gasteiger partial charge is 0.177 e. The van der Waals surface area contributed by atoms with E-state index in [0.29, 0.717) is 25.4 Å². The number of halogens is 4. The zero-order chi connectivity index (χ0) is 22.2. The van der Waals surface area contributed by atoms with Crippen LogP contribution in [0.4, 0.5) is 17.6 Å². The van der Waals surface area contributed by atoms with Crippen LogP contribution < -0.4 is 0 Å². The molecular formula is C24H24F4O3. The van der Waals surface area contributed by atoms with Gasteiger partial charge in [-0.15, -0.1) is 0 Å². The molecule has 1 heterocycles. The van der Waals surface area contributed by atoms with Crippen LogP contribution in [0.5, 0.6) is 0 Å². The van der Waals surface area contributed by atoms with Crippen molar-refractivity contribution in [2.75, 3.05) is 26.9 Å². The lowest BCUT2D eigenvalue weighted by atomic mass is 10.0. The summed E-state index contributed by atoms with van der Waals surface area (Å²) in [6.07, 6.45) is 1.64. The summed E-state index contributed by atoms with van der Waals surface area (Å²) < 4.78 is 72.5. The van der Waals surface area contributed by atoms with Gasteiger partial charge in [0.15, 0.2) is 17.9 Å². The van der Waals surface area contributed by atoms with Gasteiger partial charge in [0.25, 0.3) is 0 Å². The van der Waals surface area contributed by atoms with Crippen LogP contribution in [-0.2, 0) is 20.6 Å². The van der Waals surface area contributed by atoms with Gasteiger partial charge in [0.2, 0.25) is 0 Å². The van der Waals surface area contributed by atoms with Crippen molar-refractivity contribution in [3.8, 4) is 11.8 Å². The molecule has 3 rings (SSSR count). The highest BCUT2D eigenvalue weighted by atomic mass is 19.2. The molecule has 0 aromatic heterocycles. The Labute approximate surface area is 179 Å². The van der Waals surface area contributed by atoms with Crippen molar-refractivity contribution < 1.29 is 31.8 Å². The molecular weight excluding hydrogens is 412 g/mol. The third kappa shape index (κ3) is 6.54. The molecule has 0 unspecified atom stereocenters. The van der Waals surface area contributed by atoms with Crippen LogP contribution in [0.3, 0.4) is 0 Å². The van der Waals surface area contributed by atoms with Gasteiger partial charge in [-0.2, -0.15) is 0 Å². The van der Waals surface area contributed by atoms with Crippen molar-refractivity contribution in [1.29, 1.82) is 0 Å². The first-order valence-corrected chi connectivity index (χ1v) is 10.1. The number of rotatable bonds is 7. The number of aryl methyl sites for hydroxylation is 1. The van der Waals surface area contributed by atoms with E-state index in [2.05, 4.69) is 11.8 Å². The van der Waals surface area contributed by atoms with Gasteiger partial charge >= 0.3 is 0 Å². The molecule has 3 nitrogen and oxygen atoms in total. The van der Waals surface area contributed by atoms with Crippen LogP contribution >= 0.6 is 0 Å². The average Bonchev–Trinajstić information content (AvgIpc) is 2.77. The van der Waals surface area contributed by atoms with Crippen LogP contribution in [-0.4, -0.2) is 33.2 Å². The maximum absolute atomic E-state index is 14.5. The third-order valence-electron chi connectivity index (χ3n) is 5.06. The number of ether oxygens (including phenoxy) is 3. The van der Waals surface area contributed by atoms with Gasteiger partial charge in [-0.25, -0.2) is 17.6 Å². The number of methoxy groups -OCH3 is 1. The van der Waals surface area contributed by atoms with Crippen molar-refractivity contribution in [3.63, 3.8) is 0 Å². The molecule has 0 radical (unpaired) electrons. The fourth-order valence-electron chi connectivity index (χ4n) is 3.31. The molecule has 1 saturated heterocycles. The Balaban J connectivity index is 1.59. The summed E-state index contributed by atoms with van der Waals surface area (Å²) in [6, 6.07) is 6.04. The average molecular weight is 436 g/mol. The van der Waals surface area contributed by atoms with Crippen LogP contribution in [0, 0.1) is 41.0 Å². The van der Waals surface area contributed by atoms with E-state index >= 15 is 0 Å². The maximum Gasteiger partial charge on any atom is 0.177 e. The molecule has 0 aliphatic carbocycles.